The molecule has 0 spiro atoms. The second kappa shape index (κ2) is 7.98. The average molecular weight is 471 g/mol. The number of aromatic amines is 2. The maximum absolute atomic E-state index is 12.4. The van der Waals surface area contributed by atoms with Crippen LogP contribution in [-0.4, -0.2) is 31.3 Å². The zero-order valence-electron chi connectivity index (χ0n) is 18.0. The fourth-order valence-electron chi connectivity index (χ4n) is 3.98. The highest BCUT2D eigenvalue weighted by atomic mass is 19.4. The van der Waals surface area contributed by atoms with E-state index in [1.165, 1.54) is 24.3 Å². The molecule has 3 aromatic heterocycles. The molecule has 6 aromatic rings. The summed E-state index contributed by atoms with van der Waals surface area (Å²) in [7, 11) is 0. The van der Waals surface area contributed by atoms with Gasteiger partial charge in [0.1, 0.15) is 17.4 Å². The van der Waals surface area contributed by atoms with Crippen LogP contribution in [0.2, 0.25) is 0 Å². The van der Waals surface area contributed by atoms with Crippen LogP contribution < -0.4 is 4.74 Å². The molecule has 0 bridgehead atoms. The zero-order chi connectivity index (χ0) is 24.0. The number of imidazole rings is 2. The van der Waals surface area contributed by atoms with Crippen LogP contribution in [0.4, 0.5) is 13.2 Å². The summed E-state index contributed by atoms with van der Waals surface area (Å²) in [6, 6.07) is 21.3. The fourth-order valence-corrected chi connectivity index (χ4v) is 3.98. The van der Waals surface area contributed by atoms with Crippen molar-refractivity contribution >= 4 is 22.1 Å². The van der Waals surface area contributed by atoms with Gasteiger partial charge in [-0.25, -0.2) is 9.97 Å². The molecule has 2 N–H and O–H groups in total. The van der Waals surface area contributed by atoms with E-state index in [1.54, 1.807) is 12.4 Å². The Morgan fingerprint density at radius 1 is 0.600 bits per heavy atom. The number of aromatic nitrogens is 5. The zero-order valence-corrected chi connectivity index (χ0v) is 18.0. The Balaban J connectivity index is 1.31. The van der Waals surface area contributed by atoms with Crippen LogP contribution in [0, 0.1) is 0 Å². The van der Waals surface area contributed by atoms with Gasteiger partial charge < -0.3 is 14.7 Å². The summed E-state index contributed by atoms with van der Waals surface area (Å²) >= 11 is 0. The normalized spacial score (nSPS) is 11.9. The highest BCUT2D eigenvalue weighted by Gasteiger charge is 2.31. The van der Waals surface area contributed by atoms with E-state index >= 15 is 0 Å². The molecule has 0 unspecified atom stereocenters. The van der Waals surface area contributed by atoms with E-state index in [0.29, 0.717) is 11.4 Å². The SMILES string of the molecule is FC(F)(F)Oc1ccc(-c2nc3ccc(-c4ccc5nc(-c6ccncc6)[nH]c5c4)cc3[nH]2)cc1. The molecule has 0 amide bonds. The number of nitrogens with zero attached hydrogens (tertiary/aromatic N) is 3. The van der Waals surface area contributed by atoms with E-state index in [2.05, 4.69) is 29.7 Å². The molecule has 0 aliphatic heterocycles. The van der Waals surface area contributed by atoms with E-state index in [-0.39, 0.29) is 5.75 Å². The van der Waals surface area contributed by atoms with Gasteiger partial charge >= 0.3 is 6.36 Å². The molecule has 0 saturated heterocycles. The lowest BCUT2D eigenvalue weighted by molar-refractivity contribution is -0.274. The molecule has 9 heteroatoms. The molecule has 35 heavy (non-hydrogen) atoms. The van der Waals surface area contributed by atoms with E-state index in [1.807, 2.05) is 48.5 Å². The van der Waals surface area contributed by atoms with E-state index < -0.39 is 6.36 Å². The summed E-state index contributed by atoms with van der Waals surface area (Å²) in [5.74, 6) is 1.06. The number of H-pyrrole nitrogens is 2. The lowest BCUT2D eigenvalue weighted by atomic mass is 10.0. The molecule has 172 valence electrons. The number of halogens is 3. The average Bonchev–Trinajstić information content (AvgIpc) is 3.47. The quantitative estimate of drug-likeness (QED) is 0.299. The first-order valence-electron chi connectivity index (χ1n) is 10.7. The molecule has 3 aromatic carbocycles. The second-order valence-corrected chi connectivity index (χ2v) is 7.94. The summed E-state index contributed by atoms with van der Waals surface area (Å²) in [5.41, 5.74) is 6.96. The Hall–Kier alpha value is -4.66. The van der Waals surface area contributed by atoms with Crippen LogP contribution in [0.5, 0.6) is 5.75 Å². The van der Waals surface area contributed by atoms with Gasteiger partial charge in [-0.2, -0.15) is 0 Å². The number of nitrogens with one attached hydrogen (secondary N) is 2. The van der Waals surface area contributed by atoms with Crippen molar-refractivity contribution in [1.82, 2.24) is 24.9 Å². The standard InChI is InChI=1S/C26H16F3N5O/c27-26(28,29)35-19-5-1-15(2-6-19)24-31-20-7-3-17(13-22(20)33-24)18-4-8-21-23(14-18)34-25(32-21)16-9-11-30-12-10-16/h1-14H,(H,31,33)(H,32,34). The Kier molecular flexibility index (Phi) is 4.77. The molecule has 0 atom stereocenters. The van der Waals surface area contributed by atoms with Crippen molar-refractivity contribution in [3.63, 3.8) is 0 Å². The van der Waals surface area contributed by atoms with Gasteiger partial charge in [-0.3, -0.25) is 4.98 Å². The number of fused-ring (bicyclic) bond motifs is 2. The summed E-state index contributed by atoms with van der Waals surface area (Å²) < 4.78 is 41.1. The number of hydrogen-bond donors (Lipinski definition) is 2. The number of ether oxygens (including phenoxy) is 1. The fraction of sp³-hybridized carbons (Fsp3) is 0.0385. The smallest absolute Gasteiger partial charge is 0.406 e. The van der Waals surface area contributed by atoms with E-state index in [9.17, 15) is 13.2 Å². The lowest BCUT2D eigenvalue weighted by Gasteiger charge is -2.08. The van der Waals surface area contributed by atoms with Crippen molar-refractivity contribution in [2.24, 2.45) is 0 Å². The minimum Gasteiger partial charge on any atom is -0.406 e. The van der Waals surface area contributed by atoms with Crippen LogP contribution in [0.15, 0.2) is 85.2 Å². The number of benzene rings is 3. The molecule has 0 aliphatic carbocycles. The highest BCUT2D eigenvalue weighted by Crippen LogP contribution is 2.30. The highest BCUT2D eigenvalue weighted by molar-refractivity contribution is 5.88. The predicted molar refractivity (Wildman–Crippen MR) is 127 cm³/mol. The summed E-state index contributed by atoms with van der Waals surface area (Å²) in [5, 5.41) is 0. The molecular formula is C26H16F3N5O. The Labute approximate surface area is 196 Å². The van der Waals surface area contributed by atoms with Crippen LogP contribution in [-0.2, 0) is 0 Å². The molecule has 6 nitrogen and oxygen atoms in total. The lowest BCUT2D eigenvalue weighted by Crippen LogP contribution is -2.16. The Bertz CT molecular complexity index is 1650. The van der Waals surface area contributed by atoms with Crippen LogP contribution >= 0.6 is 0 Å². The van der Waals surface area contributed by atoms with Crippen LogP contribution in [0.25, 0.3) is 56.0 Å². The maximum atomic E-state index is 12.4. The topological polar surface area (TPSA) is 79.5 Å². The molecular weight excluding hydrogens is 455 g/mol. The summed E-state index contributed by atoms with van der Waals surface area (Å²) in [4.78, 5) is 19.9. The Morgan fingerprint density at radius 3 is 1.60 bits per heavy atom. The van der Waals surface area contributed by atoms with Crippen molar-refractivity contribution < 1.29 is 17.9 Å². The van der Waals surface area contributed by atoms with Gasteiger partial charge in [-0.15, -0.1) is 13.2 Å². The minimum atomic E-state index is -4.73. The van der Waals surface area contributed by atoms with Crippen molar-refractivity contribution in [2.45, 2.75) is 6.36 Å². The second-order valence-electron chi connectivity index (χ2n) is 7.94. The summed E-state index contributed by atoms with van der Waals surface area (Å²) in [6.07, 6.45) is -1.27. The monoisotopic (exact) mass is 471 g/mol. The van der Waals surface area contributed by atoms with Crippen molar-refractivity contribution in [3.8, 4) is 39.7 Å². The maximum Gasteiger partial charge on any atom is 0.573 e. The third-order valence-electron chi connectivity index (χ3n) is 5.61. The molecule has 0 saturated carbocycles. The van der Waals surface area contributed by atoms with E-state index in [0.717, 1.165) is 44.6 Å². The molecule has 3 heterocycles. The molecule has 0 fully saturated rings. The van der Waals surface area contributed by atoms with Crippen molar-refractivity contribution in [3.05, 3.63) is 85.2 Å². The number of pyridine rings is 1. The van der Waals surface area contributed by atoms with Gasteiger partial charge in [0.2, 0.25) is 0 Å². The number of rotatable bonds is 4. The summed E-state index contributed by atoms with van der Waals surface area (Å²) in [6.45, 7) is 0. The van der Waals surface area contributed by atoms with Crippen molar-refractivity contribution in [2.75, 3.05) is 0 Å². The van der Waals surface area contributed by atoms with Gasteiger partial charge in [0, 0.05) is 23.5 Å². The number of hydrogen-bond acceptors (Lipinski definition) is 4. The first-order valence-corrected chi connectivity index (χ1v) is 10.7. The molecule has 0 aliphatic rings. The number of alkyl halides is 3. The predicted octanol–water partition coefficient (Wildman–Crippen LogP) is 6.73. The third-order valence-corrected chi connectivity index (χ3v) is 5.61. The third kappa shape index (κ3) is 4.19. The van der Waals surface area contributed by atoms with Crippen LogP contribution in [0.3, 0.4) is 0 Å². The van der Waals surface area contributed by atoms with Crippen LogP contribution in [0.1, 0.15) is 0 Å². The van der Waals surface area contributed by atoms with Gasteiger partial charge in [-0.1, -0.05) is 12.1 Å². The van der Waals surface area contributed by atoms with Gasteiger partial charge in [0.05, 0.1) is 22.1 Å². The van der Waals surface area contributed by atoms with Crippen molar-refractivity contribution in [1.29, 1.82) is 0 Å². The van der Waals surface area contributed by atoms with Gasteiger partial charge in [-0.05, 0) is 71.8 Å². The first-order chi connectivity index (χ1) is 16.9. The van der Waals surface area contributed by atoms with Gasteiger partial charge in [0.15, 0.2) is 0 Å². The largest absolute Gasteiger partial charge is 0.573 e. The first kappa shape index (κ1) is 20.9. The minimum absolute atomic E-state index is 0.277. The Morgan fingerprint density at radius 2 is 1.09 bits per heavy atom. The van der Waals surface area contributed by atoms with E-state index in [4.69, 9.17) is 0 Å². The van der Waals surface area contributed by atoms with Gasteiger partial charge in [0.25, 0.3) is 0 Å². The molecule has 6 rings (SSSR count). The molecule has 0 radical (unpaired) electrons.